The number of halogens is 3. The minimum atomic E-state index is -4.60. The third-order valence-electron chi connectivity index (χ3n) is 7.01. The van der Waals surface area contributed by atoms with Gasteiger partial charge in [-0.1, -0.05) is 0 Å². The number of likely N-dealkylation sites (tertiary alicyclic amines) is 1. The van der Waals surface area contributed by atoms with Crippen LogP contribution in [0, 0.1) is 29.1 Å². The van der Waals surface area contributed by atoms with E-state index >= 15 is 0 Å². The van der Waals surface area contributed by atoms with Gasteiger partial charge in [-0.3, -0.25) is 9.59 Å². The minimum Gasteiger partial charge on any atom is -0.459 e. The SMILES string of the molecule is CCNC(=O)[C@@H]1CN(C(=O)c2ccco2)C[C@H]1C1CCN(c2ccc(C#N)c(C(F)(F)F)c2)CC1. The van der Waals surface area contributed by atoms with Crippen LogP contribution in [-0.2, 0) is 11.0 Å². The van der Waals surface area contributed by atoms with Crippen molar-refractivity contribution in [2.45, 2.75) is 25.9 Å². The van der Waals surface area contributed by atoms with Gasteiger partial charge in [-0.15, -0.1) is 0 Å². The van der Waals surface area contributed by atoms with Crippen molar-refractivity contribution in [1.29, 1.82) is 5.26 Å². The van der Waals surface area contributed by atoms with Crippen molar-refractivity contribution in [2.24, 2.45) is 17.8 Å². The van der Waals surface area contributed by atoms with E-state index in [0.29, 0.717) is 51.3 Å². The molecule has 1 aromatic heterocycles. The lowest BCUT2D eigenvalue weighted by atomic mass is 9.78. The van der Waals surface area contributed by atoms with Gasteiger partial charge in [0, 0.05) is 38.4 Å². The molecular weight excluding hydrogens is 461 g/mol. The van der Waals surface area contributed by atoms with Gasteiger partial charge in [0.05, 0.1) is 29.4 Å². The number of amides is 2. The Morgan fingerprint density at radius 3 is 2.54 bits per heavy atom. The number of hydrogen-bond donors (Lipinski definition) is 1. The van der Waals surface area contributed by atoms with Crippen LogP contribution in [0.4, 0.5) is 18.9 Å². The monoisotopic (exact) mass is 488 g/mol. The van der Waals surface area contributed by atoms with E-state index < -0.39 is 17.3 Å². The molecule has 0 spiro atoms. The van der Waals surface area contributed by atoms with Crippen molar-refractivity contribution in [3.05, 3.63) is 53.5 Å². The van der Waals surface area contributed by atoms with Crippen LogP contribution < -0.4 is 10.2 Å². The molecule has 2 aliphatic heterocycles. The lowest BCUT2D eigenvalue weighted by Gasteiger charge is -2.37. The highest BCUT2D eigenvalue weighted by Gasteiger charge is 2.44. The van der Waals surface area contributed by atoms with Crippen LogP contribution in [0.2, 0.25) is 0 Å². The second kappa shape index (κ2) is 10.0. The van der Waals surface area contributed by atoms with Crippen molar-refractivity contribution in [3.63, 3.8) is 0 Å². The summed E-state index contributed by atoms with van der Waals surface area (Å²) in [6.07, 6.45) is -1.80. The molecule has 0 saturated carbocycles. The van der Waals surface area contributed by atoms with Gasteiger partial charge < -0.3 is 19.5 Å². The zero-order chi connectivity index (χ0) is 25.2. The Balaban J connectivity index is 1.47. The first-order chi connectivity index (χ1) is 16.7. The fourth-order valence-electron chi connectivity index (χ4n) is 5.26. The Bertz CT molecular complexity index is 1100. The van der Waals surface area contributed by atoms with E-state index in [1.165, 1.54) is 12.3 Å². The quantitative estimate of drug-likeness (QED) is 0.689. The summed E-state index contributed by atoms with van der Waals surface area (Å²) in [5.41, 5.74) is -0.900. The first-order valence-electron chi connectivity index (χ1n) is 11.7. The number of rotatable bonds is 5. The van der Waals surface area contributed by atoms with Gasteiger partial charge in [0.1, 0.15) is 0 Å². The Labute approximate surface area is 201 Å². The highest BCUT2D eigenvalue weighted by molar-refractivity contribution is 5.92. The molecule has 0 bridgehead atoms. The van der Waals surface area contributed by atoms with Crippen LogP contribution in [0.5, 0.6) is 0 Å². The van der Waals surface area contributed by atoms with E-state index in [1.54, 1.807) is 29.2 Å². The highest BCUT2D eigenvalue weighted by Crippen LogP contribution is 2.39. The molecule has 0 radical (unpaired) electrons. The number of carbonyl (C=O) groups is 2. The molecule has 2 saturated heterocycles. The number of hydrogen-bond acceptors (Lipinski definition) is 5. The van der Waals surface area contributed by atoms with Crippen LogP contribution >= 0.6 is 0 Å². The topological polar surface area (TPSA) is 89.6 Å². The van der Waals surface area contributed by atoms with Crippen LogP contribution in [-0.4, -0.2) is 49.4 Å². The predicted octanol–water partition coefficient (Wildman–Crippen LogP) is 3.91. The molecule has 7 nitrogen and oxygen atoms in total. The molecule has 2 aliphatic rings. The zero-order valence-corrected chi connectivity index (χ0v) is 19.3. The number of piperidine rings is 1. The van der Waals surface area contributed by atoms with Gasteiger partial charge in [-0.05, 0) is 61.9 Å². The molecule has 1 aromatic carbocycles. The summed E-state index contributed by atoms with van der Waals surface area (Å²) in [4.78, 5) is 29.2. The van der Waals surface area contributed by atoms with E-state index in [1.807, 2.05) is 11.8 Å². The lowest BCUT2D eigenvalue weighted by Crippen LogP contribution is -2.41. The third-order valence-corrected chi connectivity index (χ3v) is 7.01. The van der Waals surface area contributed by atoms with Crippen LogP contribution in [0.3, 0.4) is 0 Å². The molecule has 3 heterocycles. The molecule has 0 unspecified atom stereocenters. The molecule has 186 valence electrons. The lowest BCUT2D eigenvalue weighted by molar-refractivity contribution is -0.137. The number of alkyl halides is 3. The normalized spacial score (nSPS) is 21.1. The largest absolute Gasteiger partial charge is 0.459 e. The highest BCUT2D eigenvalue weighted by atomic mass is 19.4. The maximum absolute atomic E-state index is 13.4. The van der Waals surface area contributed by atoms with E-state index in [0.717, 1.165) is 6.07 Å². The smallest absolute Gasteiger partial charge is 0.417 e. The summed E-state index contributed by atoms with van der Waals surface area (Å²) in [7, 11) is 0. The molecule has 4 rings (SSSR count). The molecule has 2 fully saturated rings. The standard InChI is InChI=1S/C25H27F3N4O3/c1-2-30-23(33)20-15-32(24(34)22-4-3-11-35-22)14-19(20)16-7-9-31(10-8-16)18-6-5-17(13-29)21(12-18)25(26,27)28/h3-6,11-12,16,19-20H,2,7-10,14-15H2,1H3,(H,30,33)/t19-,20+/m0/s1. The fourth-order valence-corrected chi connectivity index (χ4v) is 5.26. The van der Waals surface area contributed by atoms with Gasteiger partial charge in [0.15, 0.2) is 5.76 Å². The Kier molecular flexibility index (Phi) is 7.05. The summed E-state index contributed by atoms with van der Waals surface area (Å²) < 4.78 is 45.4. The Morgan fingerprint density at radius 1 is 1.20 bits per heavy atom. The first-order valence-corrected chi connectivity index (χ1v) is 11.7. The number of nitrogens with one attached hydrogen (secondary N) is 1. The number of nitriles is 1. The zero-order valence-electron chi connectivity index (χ0n) is 19.3. The molecule has 2 atom stereocenters. The van der Waals surface area contributed by atoms with Crippen LogP contribution in [0.25, 0.3) is 0 Å². The number of carbonyl (C=O) groups excluding carboxylic acids is 2. The van der Waals surface area contributed by atoms with Gasteiger partial charge in [-0.25, -0.2) is 0 Å². The average molecular weight is 489 g/mol. The van der Waals surface area contributed by atoms with Crippen LogP contribution in [0.1, 0.15) is 41.4 Å². The molecular formula is C25H27F3N4O3. The molecule has 1 N–H and O–H groups in total. The van der Waals surface area contributed by atoms with Crippen molar-refractivity contribution in [2.75, 3.05) is 37.6 Å². The Morgan fingerprint density at radius 2 is 1.94 bits per heavy atom. The maximum atomic E-state index is 13.4. The van der Waals surface area contributed by atoms with E-state index in [4.69, 9.17) is 9.68 Å². The van der Waals surface area contributed by atoms with Gasteiger partial charge in [0.25, 0.3) is 5.91 Å². The Hall–Kier alpha value is -3.48. The fraction of sp³-hybridized carbons (Fsp3) is 0.480. The summed E-state index contributed by atoms with van der Waals surface area (Å²) in [5, 5.41) is 11.9. The summed E-state index contributed by atoms with van der Waals surface area (Å²) in [6.45, 7) is 4.13. The third kappa shape index (κ3) is 5.14. The van der Waals surface area contributed by atoms with Crippen molar-refractivity contribution in [1.82, 2.24) is 10.2 Å². The van der Waals surface area contributed by atoms with Gasteiger partial charge >= 0.3 is 6.18 Å². The number of benzene rings is 1. The number of anilines is 1. The molecule has 2 aromatic rings. The van der Waals surface area contributed by atoms with E-state index in [2.05, 4.69) is 5.32 Å². The minimum absolute atomic E-state index is 0.0469. The first kappa shape index (κ1) is 24.6. The second-order valence-electron chi connectivity index (χ2n) is 9.02. The average Bonchev–Trinajstić information content (AvgIpc) is 3.54. The van der Waals surface area contributed by atoms with E-state index in [9.17, 15) is 22.8 Å². The van der Waals surface area contributed by atoms with Gasteiger partial charge in [0.2, 0.25) is 5.91 Å². The summed E-state index contributed by atoms with van der Waals surface area (Å²) >= 11 is 0. The number of nitrogens with zero attached hydrogens (tertiary/aromatic N) is 3. The summed E-state index contributed by atoms with van der Waals surface area (Å²) in [6, 6.07) is 8.65. The second-order valence-corrected chi connectivity index (χ2v) is 9.02. The molecule has 2 amide bonds. The predicted molar refractivity (Wildman–Crippen MR) is 121 cm³/mol. The van der Waals surface area contributed by atoms with Crippen molar-refractivity contribution in [3.8, 4) is 6.07 Å². The molecule has 10 heteroatoms. The van der Waals surface area contributed by atoms with Gasteiger partial charge in [-0.2, -0.15) is 18.4 Å². The van der Waals surface area contributed by atoms with E-state index in [-0.39, 0.29) is 35.3 Å². The summed E-state index contributed by atoms with van der Waals surface area (Å²) in [5.74, 6) is -0.352. The van der Waals surface area contributed by atoms with Crippen molar-refractivity contribution >= 4 is 17.5 Å². The molecule has 0 aliphatic carbocycles. The van der Waals surface area contributed by atoms with Crippen LogP contribution in [0.15, 0.2) is 41.0 Å². The van der Waals surface area contributed by atoms with Crippen molar-refractivity contribution < 1.29 is 27.2 Å². The number of furan rings is 1. The molecule has 35 heavy (non-hydrogen) atoms. The maximum Gasteiger partial charge on any atom is 0.417 e.